The maximum absolute atomic E-state index is 13.9. The number of carbonyl (C=O) groups excluding carboxylic acids is 1. The highest BCUT2D eigenvalue weighted by molar-refractivity contribution is 9.10. The van der Waals surface area contributed by atoms with E-state index in [1.54, 1.807) is 29.2 Å². The first-order chi connectivity index (χ1) is 16.8. The van der Waals surface area contributed by atoms with E-state index in [-0.39, 0.29) is 22.9 Å². The molecule has 0 aliphatic carbocycles. The van der Waals surface area contributed by atoms with Crippen LogP contribution >= 0.6 is 15.9 Å². The van der Waals surface area contributed by atoms with Crippen LogP contribution in [0.3, 0.4) is 0 Å². The molecule has 0 bridgehead atoms. The summed E-state index contributed by atoms with van der Waals surface area (Å²) in [5, 5.41) is 4.02. The number of amides is 1. The van der Waals surface area contributed by atoms with E-state index in [0.717, 1.165) is 30.2 Å². The van der Waals surface area contributed by atoms with E-state index in [0.29, 0.717) is 23.2 Å². The Balaban J connectivity index is 1.39. The van der Waals surface area contributed by atoms with E-state index in [2.05, 4.69) is 38.1 Å². The maximum atomic E-state index is 13.9. The van der Waals surface area contributed by atoms with Crippen molar-refractivity contribution in [3.05, 3.63) is 88.2 Å². The normalized spacial score (nSPS) is 15.0. The van der Waals surface area contributed by atoms with Crippen LogP contribution in [0.5, 0.6) is 0 Å². The third-order valence-electron chi connectivity index (χ3n) is 6.13. The molecule has 6 nitrogen and oxygen atoms in total. The summed E-state index contributed by atoms with van der Waals surface area (Å²) < 4.78 is 43.1. The van der Waals surface area contributed by atoms with Gasteiger partial charge in [0.15, 0.2) is 17.0 Å². The first kappa shape index (κ1) is 23.5. The molecule has 1 saturated heterocycles. The second-order valence-electron chi connectivity index (χ2n) is 8.54. The minimum absolute atomic E-state index is 0.0190. The third kappa shape index (κ3) is 5.08. The van der Waals surface area contributed by atoms with Crippen LogP contribution in [0.15, 0.2) is 71.2 Å². The number of rotatable bonds is 4. The van der Waals surface area contributed by atoms with Gasteiger partial charge in [0.05, 0.1) is 31.9 Å². The maximum Gasteiger partial charge on any atom is 0.433 e. The van der Waals surface area contributed by atoms with E-state index < -0.39 is 11.9 Å². The highest BCUT2D eigenvalue weighted by Gasteiger charge is 2.36. The quantitative estimate of drug-likeness (QED) is 0.426. The van der Waals surface area contributed by atoms with Crippen molar-refractivity contribution in [3.63, 3.8) is 0 Å². The monoisotopic (exact) mass is 544 g/mol. The largest absolute Gasteiger partial charge is 0.433 e. The number of hydrogen-bond acceptors (Lipinski definition) is 3. The van der Waals surface area contributed by atoms with Crippen molar-refractivity contribution in [1.82, 2.24) is 19.5 Å². The Bertz CT molecular complexity index is 1350. The number of nitrogens with zero attached hydrogens (tertiary/aromatic N) is 4. The first-order valence-electron chi connectivity index (χ1n) is 11.2. The van der Waals surface area contributed by atoms with E-state index >= 15 is 0 Å². The fraction of sp³-hybridized carbons (Fsp3) is 0.240. The van der Waals surface area contributed by atoms with Gasteiger partial charge in [-0.3, -0.25) is 4.79 Å². The minimum atomic E-state index is -4.66. The molecule has 3 heterocycles. The van der Waals surface area contributed by atoms with Gasteiger partial charge in [0.1, 0.15) is 6.54 Å². The Morgan fingerprint density at radius 2 is 1.69 bits per heavy atom. The van der Waals surface area contributed by atoms with Gasteiger partial charge in [-0.15, -0.1) is 0 Å². The fourth-order valence-corrected chi connectivity index (χ4v) is 4.56. The molecule has 5 rings (SSSR count). The average Bonchev–Trinajstić information content (AvgIpc) is 3.28. The molecule has 1 amide bonds. The van der Waals surface area contributed by atoms with Crippen molar-refractivity contribution in [1.29, 1.82) is 0 Å². The van der Waals surface area contributed by atoms with Gasteiger partial charge in [-0.2, -0.15) is 18.3 Å². The predicted molar refractivity (Wildman–Crippen MR) is 128 cm³/mol. The van der Waals surface area contributed by atoms with E-state index in [4.69, 9.17) is 0 Å². The topological polar surface area (TPSA) is 54.9 Å². The standard InChI is InChI=1S/C25H21BrF3N5O/c26-19-8-6-18(7-9-19)20-14-22(25(27,28)29)34-23(30-20)15-21(31-34)24(35)33-12-10-32(11-13-33)16-17-4-2-1-3-5-17/h1-9,14-15H,10-13,16H2/p+1. The number of benzene rings is 2. The second-order valence-corrected chi connectivity index (χ2v) is 9.45. The van der Waals surface area contributed by atoms with E-state index in [1.165, 1.54) is 16.5 Å². The Labute approximate surface area is 208 Å². The SMILES string of the molecule is O=C(c1cc2nc(-c3ccc(Br)cc3)cc(C(F)(F)F)n2n1)N1CC[NH+](Cc2ccccc2)CC1. The van der Waals surface area contributed by atoms with Crippen LogP contribution in [0.2, 0.25) is 0 Å². The predicted octanol–water partition coefficient (Wildman–Crippen LogP) is 3.72. The van der Waals surface area contributed by atoms with Crippen LogP contribution in [0.1, 0.15) is 21.7 Å². The number of nitrogens with one attached hydrogen (secondary N) is 1. The molecule has 0 radical (unpaired) electrons. The Morgan fingerprint density at radius 3 is 2.34 bits per heavy atom. The number of piperazine rings is 1. The molecular weight excluding hydrogens is 523 g/mol. The molecule has 4 aromatic rings. The van der Waals surface area contributed by atoms with Crippen molar-refractivity contribution >= 4 is 27.5 Å². The molecule has 2 aromatic carbocycles. The van der Waals surface area contributed by atoms with Crippen LogP contribution in [0, 0.1) is 0 Å². The highest BCUT2D eigenvalue weighted by Crippen LogP contribution is 2.32. The molecule has 0 spiro atoms. The van der Waals surface area contributed by atoms with Crippen molar-refractivity contribution in [2.24, 2.45) is 0 Å². The van der Waals surface area contributed by atoms with Crippen molar-refractivity contribution in [2.45, 2.75) is 12.7 Å². The molecule has 2 aromatic heterocycles. The Morgan fingerprint density at radius 1 is 1.00 bits per heavy atom. The summed E-state index contributed by atoms with van der Waals surface area (Å²) in [5.74, 6) is -0.382. The average molecular weight is 545 g/mol. The highest BCUT2D eigenvalue weighted by atomic mass is 79.9. The lowest BCUT2D eigenvalue weighted by Crippen LogP contribution is -3.13. The van der Waals surface area contributed by atoms with Gasteiger partial charge in [-0.1, -0.05) is 58.4 Å². The Kier molecular flexibility index (Phi) is 6.33. The van der Waals surface area contributed by atoms with E-state index in [9.17, 15) is 18.0 Å². The zero-order valence-electron chi connectivity index (χ0n) is 18.6. The molecule has 10 heteroatoms. The minimum Gasteiger partial charge on any atom is -0.328 e. The van der Waals surface area contributed by atoms with Gasteiger partial charge in [0.2, 0.25) is 0 Å². The fourth-order valence-electron chi connectivity index (χ4n) is 4.30. The molecule has 1 aliphatic heterocycles. The third-order valence-corrected chi connectivity index (χ3v) is 6.66. The number of hydrogen-bond donors (Lipinski definition) is 1. The summed E-state index contributed by atoms with van der Waals surface area (Å²) in [6, 6.07) is 19.3. The summed E-state index contributed by atoms with van der Waals surface area (Å²) in [4.78, 5) is 20.5. The summed E-state index contributed by atoms with van der Waals surface area (Å²) in [6.45, 7) is 3.41. The lowest BCUT2D eigenvalue weighted by molar-refractivity contribution is -0.917. The number of fused-ring (bicyclic) bond motifs is 1. The van der Waals surface area contributed by atoms with Crippen LogP contribution in [0.4, 0.5) is 13.2 Å². The zero-order valence-corrected chi connectivity index (χ0v) is 20.2. The molecule has 0 atom stereocenters. The van der Waals surface area contributed by atoms with Crippen LogP contribution in [0.25, 0.3) is 16.9 Å². The smallest absolute Gasteiger partial charge is 0.328 e. The van der Waals surface area contributed by atoms with Gasteiger partial charge >= 0.3 is 6.18 Å². The molecule has 0 saturated carbocycles. The number of halogens is 4. The van der Waals surface area contributed by atoms with Gasteiger partial charge in [0, 0.05) is 21.7 Å². The van der Waals surface area contributed by atoms with E-state index in [1.807, 2.05) is 18.2 Å². The van der Waals surface area contributed by atoms with Gasteiger partial charge in [-0.25, -0.2) is 9.50 Å². The molecule has 35 heavy (non-hydrogen) atoms. The molecule has 1 aliphatic rings. The van der Waals surface area contributed by atoms with Crippen molar-refractivity contribution < 1.29 is 22.9 Å². The molecule has 180 valence electrons. The summed E-state index contributed by atoms with van der Waals surface area (Å²) in [7, 11) is 0. The summed E-state index contributed by atoms with van der Waals surface area (Å²) in [6.07, 6.45) is -4.66. The molecule has 0 unspecified atom stereocenters. The van der Waals surface area contributed by atoms with Gasteiger partial charge in [-0.05, 0) is 18.2 Å². The lowest BCUT2D eigenvalue weighted by Gasteiger charge is -2.31. The first-order valence-corrected chi connectivity index (χ1v) is 12.0. The van der Waals surface area contributed by atoms with Crippen molar-refractivity contribution in [3.8, 4) is 11.3 Å². The Hall–Kier alpha value is -3.24. The number of alkyl halides is 3. The molecule has 1 N–H and O–H groups in total. The molecular formula is C25H22BrF3N5O+. The summed E-state index contributed by atoms with van der Waals surface area (Å²) in [5.41, 5.74) is 0.894. The number of carbonyl (C=O) groups is 1. The molecule has 1 fully saturated rings. The van der Waals surface area contributed by atoms with Gasteiger partial charge < -0.3 is 9.80 Å². The van der Waals surface area contributed by atoms with Crippen LogP contribution in [-0.2, 0) is 12.7 Å². The number of quaternary nitrogens is 1. The lowest BCUT2D eigenvalue weighted by atomic mass is 10.1. The zero-order chi connectivity index (χ0) is 24.6. The van der Waals surface area contributed by atoms with Crippen LogP contribution in [-0.4, -0.2) is 51.6 Å². The second kappa shape index (κ2) is 9.43. The number of aromatic nitrogens is 3. The van der Waals surface area contributed by atoms with Crippen molar-refractivity contribution in [2.75, 3.05) is 26.2 Å². The van der Waals surface area contributed by atoms with Gasteiger partial charge in [0.25, 0.3) is 5.91 Å². The van der Waals surface area contributed by atoms with Crippen LogP contribution < -0.4 is 4.90 Å². The summed E-state index contributed by atoms with van der Waals surface area (Å²) >= 11 is 3.32.